The molecule has 0 aromatic heterocycles. The second-order valence-corrected chi connectivity index (χ2v) is 4.64. The van der Waals surface area contributed by atoms with E-state index in [1.165, 1.54) is 0 Å². The van der Waals surface area contributed by atoms with E-state index >= 15 is 0 Å². The van der Waals surface area contributed by atoms with Crippen molar-refractivity contribution in [1.82, 2.24) is 0 Å². The zero-order chi connectivity index (χ0) is 15.1. The summed E-state index contributed by atoms with van der Waals surface area (Å²) in [4.78, 5) is 0. The van der Waals surface area contributed by atoms with E-state index in [2.05, 4.69) is 0 Å². The molecule has 0 aliphatic rings. The zero-order valence-electron chi connectivity index (χ0n) is 12.3. The monoisotopic (exact) mass is 288 g/mol. The predicted molar refractivity (Wildman–Crippen MR) is 81.1 cm³/mol. The Hall–Kier alpha value is -2.20. The smallest absolute Gasteiger partial charge is 0.125 e. The number of hydrogen-bond acceptors (Lipinski definition) is 4. The number of methoxy groups -OCH3 is 1. The Bertz CT molecular complexity index is 564. The van der Waals surface area contributed by atoms with Crippen LogP contribution in [0.2, 0.25) is 0 Å². The van der Waals surface area contributed by atoms with E-state index in [4.69, 9.17) is 14.2 Å². The second-order valence-electron chi connectivity index (χ2n) is 4.64. The van der Waals surface area contributed by atoms with Crippen LogP contribution >= 0.6 is 0 Å². The molecule has 0 saturated heterocycles. The zero-order valence-corrected chi connectivity index (χ0v) is 12.3. The Labute approximate surface area is 124 Å². The average molecular weight is 288 g/mol. The molecule has 0 aliphatic carbocycles. The van der Waals surface area contributed by atoms with Crippen molar-refractivity contribution in [1.29, 1.82) is 0 Å². The molecule has 4 nitrogen and oxygen atoms in total. The van der Waals surface area contributed by atoms with Crippen LogP contribution in [0.25, 0.3) is 0 Å². The topological polar surface area (TPSA) is 47.9 Å². The lowest BCUT2D eigenvalue weighted by molar-refractivity contribution is 0.209. The van der Waals surface area contributed by atoms with Crippen molar-refractivity contribution in [3.63, 3.8) is 0 Å². The van der Waals surface area contributed by atoms with Crippen molar-refractivity contribution in [2.24, 2.45) is 0 Å². The maximum atomic E-state index is 9.30. The van der Waals surface area contributed by atoms with Crippen LogP contribution in [-0.2, 0) is 6.61 Å². The summed E-state index contributed by atoms with van der Waals surface area (Å²) in [6.45, 7) is 2.80. The molecule has 0 bridgehead atoms. The highest BCUT2D eigenvalue weighted by molar-refractivity contribution is 5.36. The Morgan fingerprint density at radius 2 is 1.57 bits per heavy atom. The maximum absolute atomic E-state index is 9.30. The summed E-state index contributed by atoms with van der Waals surface area (Å²) in [7, 11) is 1.63. The van der Waals surface area contributed by atoms with Gasteiger partial charge in [-0.05, 0) is 37.3 Å². The lowest BCUT2D eigenvalue weighted by Gasteiger charge is -2.12. The van der Waals surface area contributed by atoms with E-state index in [-0.39, 0.29) is 6.61 Å². The molecule has 1 N–H and O–H groups in total. The van der Waals surface area contributed by atoms with Gasteiger partial charge in [0.05, 0.1) is 13.7 Å². The molecule has 0 amide bonds. The van der Waals surface area contributed by atoms with Crippen LogP contribution in [0, 0.1) is 6.92 Å². The predicted octanol–water partition coefficient (Wildman–Crippen LogP) is 2.95. The fraction of sp³-hybridized carbons (Fsp3) is 0.294. The molecule has 0 spiro atoms. The molecule has 4 heteroatoms. The molecule has 0 fully saturated rings. The highest BCUT2D eigenvalue weighted by Gasteiger charge is 2.03. The number of benzene rings is 2. The fourth-order valence-electron chi connectivity index (χ4n) is 1.96. The molecule has 0 radical (unpaired) electrons. The fourth-order valence-corrected chi connectivity index (χ4v) is 1.96. The number of hydrogen-bond donors (Lipinski definition) is 1. The van der Waals surface area contributed by atoms with Crippen molar-refractivity contribution < 1.29 is 19.3 Å². The summed E-state index contributed by atoms with van der Waals surface area (Å²) in [5.41, 5.74) is 1.89. The number of rotatable bonds is 7. The summed E-state index contributed by atoms with van der Waals surface area (Å²) < 4.78 is 16.3. The van der Waals surface area contributed by atoms with Gasteiger partial charge < -0.3 is 19.3 Å². The molecular weight excluding hydrogens is 268 g/mol. The number of aryl methyl sites for hydroxylation is 1. The second kappa shape index (κ2) is 7.55. The first-order chi connectivity index (χ1) is 10.2. The van der Waals surface area contributed by atoms with Gasteiger partial charge in [0.25, 0.3) is 0 Å². The van der Waals surface area contributed by atoms with Gasteiger partial charge in [0.2, 0.25) is 0 Å². The highest BCUT2D eigenvalue weighted by Crippen LogP contribution is 2.20. The van der Waals surface area contributed by atoms with Gasteiger partial charge in [0.1, 0.15) is 30.5 Å². The minimum Gasteiger partial charge on any atom is -0.497 e. The summed E-state index contributed by atoms with van der Waals surface area (Å²) in [6, 6.07) is 13.1. The Kier molecular flexibility index (Phi) is 5.46. The molecular formula is C17H20O4. The number of aliphatic hydroxyl groups excluding tert-OH is 1. The van der Waals surface area contributed by atoms with E-state index in [0.717, 1.165) is 22.6 Å². The van der Waals surface area contributed by atoms with Gasteiger partial charge in [-0.1, -0.05) is 17.7 Å². The van der Waals surface area contributed by atoms with Crippen LogP contribution < -0.4 is 14.2 Å². The third kappa shape index (κ3) is 4.39. The standard InChI is InChI=1S/C17H20O4/c1-13-3-8-17(14(11-13)12-18)21-10-9-20-16-6-4-15(19-2)5-7-16/h3-8,11,18H,9-10,12H2,1-2H3. The van der Waals surface area contributed by atoms with Crippen LogP contribution in [-0.4, -0.2) is 25.4 Å². The van der Waals surface area contributed by atoms with Gasteiger partial charge in [-0.2, -0.15) is 0 Å². The van der Waals surface area contributed by atoms with E-state index < -0.39 is 0 Å². The first kappa shape index (κ1) is 15.2. The lowest BCUT2D eigenvalue weighted by Crippen LogP contribution is -2.10. The van der Waals surface area contributed by atoms with Crippen LogP contribution in [0.15, 0.2) is 42.5 Å². The normalized spacial score (nSPS) is 10.2. The molecule has 0 unspecified atom stereocenters. The minimum absolute atomic E-state index is 0.0314. The third-order valence-electron chi connectivity index (χ3n) is 3.06. The lowest BCUT2D eigenvalue weighted by atomic mass is 10.1. The van der Waals surface area contributed by atoms with Gasteiger partial charge in [-0.25, -0.2) is 0 Å². The SMILES string of the molecule is COc1ccc(OCCOc2ccc(C)cc2CO)cc1. The van der Waals surface area contributed by atoms with Crippen molar-refractivity contribution in [3.05, 3.63) is 53.6 Å². The highest BCUT2D eigenvalue weighted by atomic mass is 16.5. The summed E-state index contributed by atoms with van der Waals surface area (Å²) in [6.07, 6.45) is 0. The Morgan fingerprint density at radius 1 is 0.905 bits per heavy atom. The van der Waals surface area contributed by atoms with Gasteiger partial charge in [-0.3, -0.25) is 0 Å². The van der Waals surface area contributed by atoms with Crippen molar-refractivity contribution >= 4 is 0 Å². The van der Waals surface area contributed by atoms with Gasteiger partial charge >= 0.3 is 0 Å². The maximum Gasteiger partial charge on any atom is 0.125 e. The van der Waals surface area contributed by atoms with Gasteiger partial charge in [-0.15, -0.1) is 0 Å². The Balaban J connectivity index is 1.81. The molecule has 2 rings (SSSR count). The summed E-state index contributed by atoms with van der Waals surface area (Å²) in [5.74, 6) is 2.26. The summed E-state index contributed by atoms with van der Waals surface area (Å²) in [5, 5.41) is 9.30. The molecule has 21 heavy (non-hydrogen) atoms. The van der Waals surface area contributed by atoms with Crippen LogP contribution in [0.5, 0.6) is 17.2 Å². The van der Waals surface area contributed by atoms with E-state index in [9.17, 15) is 5.11 Å². The number of aliphatic hydroxyl groups is 1. The van der Waals surface area contributed by atoms with Gasteiger partial charge in [0.15, 0.2) is 0 Å². The molecule has 112 valence electrons. The van der Waals surface area contributed by atoms with E-state index in [0.29, 0.717) is 19.0 Å². The molecule has 2 aromatic carbocycles. The Morgan fingerprint density at radius 3 is 2.24 bits per heavy atom. The van der Waals surface area contributed by atoms with Crippen molar-refractivity contribution in [2.75, 3.05) is 20.3 Å². The largest absolute Gasteiger partial charge is 0.497 e. The third-order valence-corrected chi connectivity index (χ3v) is 3.06. The van der Waals surface area contributed by atoms with Gasteiger partial charge in [0, 0.05) is 5.56 Å². The average Bonchev–Trinajstić information content (AvgIpc) is 2.53. The molecule has 0 heterocycles. The van der Waals surface area contributed by atoms with Crippen molar-refractivity contribution in [3.8, 4) is 17.2 Å². The molecule has 0 saturated carbocycles. The van der Waals surface area contributed by atoms with E-state index in [1.807, 2.05) is 49.4 Å². The first-order valence-corrected chi connectivity index (χ1v) is 6.83. The minimum atomic E-state index is -0.0314. The van der Waals surface area contributed by atoms with Crippen molar-refractivity contribution in [2.45, 2.75) is 13.5 Å². The quantitative estimate of drug-likeness (QED) is 0.796. The molecule has 0 atom stereocenters. The van der Waals surface area contributed by atoms with Crippen LogP contribution in [0.1, 0.15) is 11.1 Å². The van der Waals surface area contributed by atoms with Crippen LogP contribution in [0.3, 0.4) is 0 Å². The summed E-state index contributed by atoms with van der Waals surface area (Å²) >= 11 is 0. The molecule has 2 aromatic rings. The van der Waals surface area contributed by atoms with Crippen LogP contribution in [0.4, 0.5) is 0 Å². The first-order valence-electron chi connectivity index (χ1n) is 6.83. The number of ether oxygens (including phenoxy) is 3. The molecule has 0 aliphatic heterocycles. The van der Waals surface area contributed by atoms with E-state index in [1.54, 1.807) is 7.11 Å².